The highest BCUT2D eigenvalue weighted by Gasteiger charge is 2.31. The number of imide groups is 1. The van der Waals surface area contributed by atoms with Crippen molar-refractivity contribution in [1.29, 1.82) is 0 Å². The number of aromatic nitrogens is 2. The summed E-state index contributed by atoms with van der Waals surface area (Å²) in [7, 11) is 3.45. The number of fused-ring (bicyclic) bond motifs is 1. The van der Waals surface area contributed by atoms with E-state index in [0.717, 1.165) is 11.2 Å². The number of rotatable bonds is 2. The van der Waals surface area contributed by atoms with Crippen molar-refractivity contribution in [2.75, 3.05) is 12.4 Å². The van der Waals surface area contributed by atoms with Crippen LogP contribution in [0.5, 0.6) is 0 Å². The number of piperidine rings is 1. The first-order valence-electron chi connectivity index (χ1n) is 6.76. The van der Waals surface area contributed by atoms with E-state index in [2.05, 4.69) is 10.6 Å². The first-order chi connectivity index (χ1) is 10.0. The van der Waals surface area contributed by atoms with Crippen LogP contribution in [0.25, 0.3) is 11.0 Å². The summed E-state index contributed by atoms with van der Waals surface area (Å²) in [4.78, 5) is 35.8. The van der Waals surface area contributed by atoms with E-state index < -0.39 is 11.9 Å². The Hall–Kier alpha value is -2.57. The number of hydrogen-bond donors (Lipinski definition) is 2. The molecule has 1 aromatic carbocycles. The Kier molecular flexibility index (Phi) is 3.04. The molecule has 1 saturated heterocycles. The molecule has 1 atom stereocenters. The van der Waals surface area contributed by atoms with Crippen molar-refractivity contribution in [3.63, 3.8) is 0 Å². The zero-order valence-corrected chi connectivity index (χ0v) is 11.8. The van der Waals surface area contributed by atoms with Gasteiger partial charge in [-0.05, 0) is 18.6 Å². The van der Waals surface area contributed by atoms with Gasteiger partial charge in [0.2, 0.25) is 11.8 Å². The van der Waals surface area contributed by atoms with Crippen molar-refractivity contribution in [2.24, 2.45) is 7.05 Å². The molecule has 2 aromatic rings. The van der Waals surface area contributed by atoms with Crippen LogP contribution in [-0.4, -0.2) is 28.0 Å². The number of benzene rings is 1. The van der Waals surface area contributed by atoms with Crippen LogP contribution in [0.2, 0.25) is 0 Å². The molecule has 0 radical (unpaired) electrons. The number of imidazole rings is 1. The monoisotopic (exact) mass is 288 g/mol. The van der Waals surface area contributed by atoms with Gasteiger partial charge in [0.15, 0.2) is 0 Å². The van der Waals surface area contributed by atoms with Crippen LogP contribution >= 0.6 is 0 Å². The number of nitrogens with zero attached hydrogens (tertiary/aromatic N) is 2. The fraction of sp³-hybridized carbons (Fsp3) is 0.357. The quantitative estimate of drug-likeness (QED) is 0.781. The van der Waals surface area contributed by atoms with Gasteiger partial charge in [0.05, 0.1) is 16.7 Å². The van der Waals surface area contributed by atoms with Crippen LogP contribution in [0, 0.1) is 0 Å². The second kappa shape index (κ2) is 4.76. The molecular formula is C14H16N4O3. The highest BCUT2D eigenvalue weighted by molar-refractivity contribution is 6.00. The molecular weight excluding hydrogens is 272 g/mol. The zero-order valence-electron chi connectivity index (χ0n) is 11.8. The largest absolute Gasteiger partial charge is 0.386 e. The van der Waals surface area contributed by atoms with Crippen LogP contribution in [0.1, 0.15) is 18.9 Å². The lowest BCUT2D eigenvalue weighted by molar-refractivity contribution is -0.135. The average molecular weight is 288 g/mol. The Balaban J connectivity index is 2.24. The fourth-order valence-corrected chi connectivity index (χ4v) is 2.87. The van der Waals surface area contributed by atoms with E-state index in [1.54, 1.807) is 20.2 Å². The Morgan fingerprint density at radius 2 is 2.05 bits per heavy atom. The molecule has 0 aliphatic carbocycles. The van der Waals surface area contributed by atoms with E-state index in [9.17, 15) is 14.4 Å². The van der Waals surface area contributed by atoms with Gasteiger partial charge in [0.1, 0.15) is 6.04 Å². The predicted octanol–water partition coefficient (Wildman–Crippen LogP) is 0.359. The van der Waals surface area contributed by atoms with Crippen molar-refractivity contribution in [3.8, 4) is 0 Å². The van der Waals surface area contributed by atoms with Crippen LogP contribution < -0.4 is 16.3 Å². The van der Waals surface area contributed by atoms with E-state index >= 15 is 0 Å². The predicted molar refractivity (Wildman–Crippen MR) is 78.1 cm³/mol. The molecule has 2 N–H and O–H groups in total. The molecule has 0 saturated carbocycles. The van der Waals surface area contributed by atoms with Gasteiger partial charge in [-0.3, -0.25) is 24.0 Å². The van der Waals surface area contributed by atoms with E-state index in [1.165, 1.54) is 9.13 Å². The van der Waals surface area contributed by atoms with Crippen molar-refractivity contribution >= 4 is 28.5 Å². The molecule has 1 aromatic heterocycles. The van der Waals surface area contributed by atoms with E-state index in [0.29, 0.717) is 11.9 Å². The topological polar surface area (TPSA) is 85.1 Å². The van der Waals surface area contributed by atoms with E-state index in [-0.39, 0.29) is 18.0 Å². The minimum absolute atomic E-state index is 0.241. The molecule has 2 amide bonds. The van der Waals surface area contributed by atoms with Gasteiger partial charge in [-0.1, -0.05) is 6.07 Å². The van der Waals surface area contributed by atoms with Crippen molar-refractivity contribution in [2.45, 2.75) is 18.9 Å². The first kappa shape index (κ1) is 13.4. The average Bonchev–Trinajstić information content (AvgIpc) is 2.72. The normalized spacial score (nSPS) is 18.9. The van der Waals surface area contributed by atoms with Gasteiger partial charge < -0.3 is 5.32 Å². The minimum atomic E-state index is -0.647. The maximum absolute atomic E-state index is 12.5. The van der Waals surface area contributed by atoms with Gasteiger partial charge in [0, 0.05) is 20.5 Å². The first-order valence-corrected chi connectivity index (χ1v) is 6.76. The number of aryl methyl sites for hydroxylation is 1. The maximum Gasteiger partial charge on any atom is 0.329 e. The van der Waals surface area contributed by atoms with Gasteiger partial charge >= 0.3 is 5.69 Å². The molecule has 21 heavy (non-hydrogen) atoms. The zero-order chi connectivity index (χ0) is 15.1. The van der Waals surface area contributed by atoms with E-state index in [1.807, 2.05) is 12.1 Å². The Bertz CT molecular complexity index is 802. The van der Waals surface area contributed by atoms with Gasteiger partial charge in [-0.15, -0.1) is 0 Å². The molecule has 1 aliphatic rings. The summed E-state index contributed by atoms with van der Waals surface area (Å²) in [5, 5.41) is 5.34. The van der Waals surface area contributed by atoms with Crippen LogP contribution in [-0.2, 0) is 16.6 Å². The molecule has 7 heteroatoms. The summed E-state index contributed by atoms with van der Waals surface area (Å²) < 4.78 is 2.99. The highest BCUT2D eigenvalue weighted by Crippen LogP contribution is 2.26. The Morgan fingerprint density at radius 3 is 2.71 bits per heavy atom. The van der Waals surface area contributed by atoms with Crippen molar-refractivity contribution in [3.05, 3.63) is 28.7 Å². The van der Waals surface area contributed by atoms with Gasteiger partial charge in [-0.25, -0.2) is 4.79 Å². The van der Waals surface area contributed by atoms with Crippen molar-refractivity contribution in [1.82, 2.24) is 14.5 Å². The third-order valence-corrected chi connectivity index (χ3v) is 3.89. The van der Waals surface area contributed by atoms with Crippen molar-refractivity contribution < 1.29 is 9.59 Å². The number of carbonyl (C=O) groups is 2. The van der Waals surface area contributed by atoms with Crippen LogP contribution in [0.4, 0.5) is 5.69 Å². The summed E-state index contributed by atoms with van der Waals surface area (Å²) in [6, 6.07) is 4.86. The second-order valence-electron chi connectivity index (χ2n) is 5.10. The third kappa shape index (κ3) is 1.93. The Labute approximate surface area is 120 Å². The lowest BCUT2D eigenvalue weighted by atomic mass is 10.1. The molecule has 110 valence electrons. The third-order valence-electron chi connectivity index (χ3n) is 3.89. The highest BCUT2D eigenvalue weighted by atomic mass is 16.2. The summed E-state index contributed by atoms with van der Waals surface area (Å²) in [6.07, 6.45) is 0.582. The van der Waals surface area contributed by atoms with Gasteiger partial charge in [0.25, 0.3) is 0 Å². The lowest BCUT2D eigenvalue weighted by Gasteiger charge is -2.21. The summed E-state index contributed by atoms with van der Waals surface area (Å²) in [5.41, 5.74) is 1.99. The minimum Gasteiger partial charge on any atom is -0.386 e. The van der Waals surface area contributed by atoms with Crippen LogP contribution in [0.3, 0.4) is 0 Å². The standard InChI is InChI=1S/C14H16N4O3/c1-15-8-4-3-5-9-12(8)17(2)14(21)18(9)10-6-7-11(19)16-13(10)20/h3-5,10,15H,6-7H2,1-2H3,(H,16,19,20)/t10-/m1/s1. The van der Waals surface area contributed by atoms with E-state index in [4.69, 9.17) is 0 Å². The molecule has 0 unspecified atom stereocenters. The molecule has 7 nitrogen and oxygen atoms in total. The fourth-order valence-electron chi connectivity index (χ4n) is 2.87. The molecule has 2 heterocycles. The molecule has 1 aliphatic heterocycles. The maximum atomic E-state index is 12.5. The smallest absolute Gasteiger partial charge is 0.329 e. The molecule has 3 rings (SSSR count). The number of hydrogen-bond acceptors (Lipinski definition) is 4. The number of carbonyl (C=O) groups excluding carboxylic acids is 2. The molecule has 1 fully saturated rings. The molecule has 0 spiro atoms. The second-order valence-corrected chi connectivity index (χ2v) is 5.10. The molecule has 0 bridgehead atoms. The Morgan fingerprint density at radius 1 is 1.29 bits per heavy atom. The summed E-state index contributed by atoms with van der Waals surface area (Å²) in [5.74, 6) is -0.712. The number of nitrogens with one attached hydrogen (secondary N) is 2. The number of amides is 2. The summed E-state index contributed by atoms with van der Waals surface area (Å²) >= 11 is 0. The summed E-state index contributed by atoms with van der Waals surface area (Å²) in [6.45, 7) is 0. The number of anilines is 1. The lowest BCUT2D eigenvalue weighted by Crippen LogP contribution is -2.44. The SMILES string of the molecule is CNc1cccc2c1n(C)c(=O)n2[C@@H]1CCC(=O)NC1=O. The van der Waals surface area contributed by atoms with Gasteiger partial charge in [-0.2, -0.15) is 0 Å². The van der Waals surface area contributed by atoms with Crippen LogP contribution in [0.15, 0.2) is 23.0 Å². The number of para-hydroxylation sites is 1.